The van der Waals surface area contributed by atoms with Crippen LogP contribution in [0.25, 0.3) is 6.08 Å². The van der Waals surface area contributed by atoms with Crippen LogP contribution in [0.15, 0.2) is 36.4 Å². The second kappa shape index (κ2) is 12.4. The molecule has 0 bridgehead atoms. The number of amides is 2. The van der Waals surface area contributed by atoms with Gasteiger partial charge in [0.2, 0.25) is 11.8 Å². The number of carbonyl (C=O) groups excluding carboxylic acids is 2. The first-order chi connectivity index (χ1) is 14.0. The van der Waals surface area contributed by atoms with Gasteiger partial charge in [-0.2, -0.15) is 0 Å². The molecule has 0 radical (unpaired) electrons. The molecule has 7 heteroatoms. The number of benzene rings is 1. The lowest BCUT2D eigenvalue weighted by molar-refractivity contribution is -0.203. The molecular weight excluding hydrogens is 370 g/mol. The Labute approximate surface area is 172 Å². The number of hydrazine groups is 1. The Hall–Kier alpha value is -2.22. The van der Waals surface area contributed by atoms with Crippen LogP contribution >= 0.6 is 0 Å². The van der Waals surface area contributed by atoms with Gasteiger partial charge < -0.3 is 4.74 Å². The highest BCUT2D eigenvalue weighted by Crippen LogP contribution is 2.25. The standard InChI is InChI=1S/C22H33N3O4/c1-16(2)15-19(21(26)24-23)18(12-8-11-17-9-4-3-5-10-17)22(27)25-29-20-13-6-7-14-28-20/h3-5,8-11,16,18-20H,6-7,12-15,23H2,1-2H3,(H,24,26)(H,25,27)/t18-,19-,20?/m1/s1. The number of allylic oxidation sites excluding steroid dienone is 1. The smallest absolute Gasteiger partial charge is 0.247 e. The molecule has 0 saturated carbocycles. The van der Waals surface area contributed by atoms with Gasteiger partial charge in [-0.1, -0.05) is 56.3 Å². The SMILES string of the molecule is CC(C)C[C@@H](C(=O)NN)[C@@H](CC=Cc1ccccc1)C(=O)NOC1CCCCO1. The van der Waals surface area contributed by atoms with Crippen molar-refractivity contribution in [1.82, 2.24) is 10.9 Å². The summed E-state index contributed by atoms with van der Waals surface area (Å²) in [7, 11) is 0. The molecule has 3 atom stereocenters. The van der Waals surface area contributed by atoms with Gasteiger partial charge in [0, 0.05) is 13.0 Å². The van der Waals surface area contributed by atoms with Gasteiger partial charge in [-0.25, -0.2) is 16.2 Å². The Balaban J connectivity index is 2.09. The molecule has 1 aromatic rings. The molecule has 1 aliphatic rings. The van der Waals surface area contributed by atoms with Crippen LogP contribution in [0.4, 0.5) is 0 Å². The number of hydrogen-bond donors (Lipinski definition) is 3. The second-order valence-corrected chi connectivity index (χ2v) is 7.78. The quantitative estimate of drug-likeness (QED) is 0.317. The van der Waals surface area contributed by atoms with E-state index in [-0.39, 0.29) is 17.7 Å². The largest absolute Gasteiger partial charge is 0.350 e. The number of rotatable bonds is 10. The van der Waals surface area contributed by atoms with Crippen molar-refractivity contribution in [2.45, 2.75) is 52.2 Å². The molecule has 2 amide bonds. The maximum Gasteiger partial charge on any atom is 0.247 e. The summed E-state index contributed by atoms with van der Waals surface area (Å²) in [5.74, 6) is 3.77. The van der Waals surface area contributed by atoms with Gasteiger partial charge in [0.15, 0.2) is 6.29 Å². The molecule has 29 heavy (non-hydrogen) atoms. The summed E-state index contributed by atoms with van der Waals surface area (Å²) in [4.78, 5) is 30.8. The Morgan fingerprint density at radius 3 is 2.59 bits per heavy atom. The van der Waals surface area contributed by atoms with Gasteiger partial charge >= 0.3 is 0 Å². The Kier molecular flexibility index (Phi) is 9.83. The third-order valence-corrected chi connectivity index (χ3v) is 4.96. The van der Waals surface area contributed by atoms with Gasteiger partial charge in [0.25, 0.3) is 0 Å². The van der Waals surface area contributed by atoms with Gasteiger partial charge in [-0.05, 0) is 37.2 Å². The van der Waals surface area contributed by atoms with Crippen LogP contribution in [0.5, 0.6) is 0 Å². The van der Waals surface area contributed by atoms with Crippen LogP contribution in [-0.2, 0) is 19.2 Å². The summed E-state index contributed by atoms with van der Waals surface area (Å²) >= 11 is 0. The third-order valence-electron chi connectivity index (χ3n) is 4.96. The number of carbonyl (C=O) groups is 2. The van der Waals surface area contributed by atoms with Crippen LogP contribution in [0.3, 0.4) is 0 Å². The van der Waals surface area contributed by atoms with E-state index in [2.05, 4.69) is 10.9 Å². The van der Waals surface area contributed by atoms with E-state index in [1.165, 1.54) is 0 Å². The highest BCUT2D eigenvalue weighted by atomic mass is 16.8. The second-order valence-electron chi connectivity index (χ2n) is 7.78. The lowest BCUT2D eigenvalue weighted by atomic mass is 9.82. The van der Waals surface area contributed by atoms with Crippen molar-refractivity contribution in [3.8, 4) is 0 Å². The average Bonchev–Trinajstić information content (AvgIpc) is 2.74. The minimum atomic E-state index is -0.607. The molecule has 1 heterocycles. The highest BCUT2D eigenvalue weighted by molar-refractivity contribution is 5.87. The molecule has 7 nitrogen and oxygen atoms in total. The van der Waals surface area contributed by atoms with E-state index in [9.17, 15) is 9.59 Å². The number of hydrogen-bond acceptors (Lipinski definition) is 5. The van der Waals surface area contributed by atoms with Crippen LogP contribution in [0.2, 0.25) is 0 Å². The maximum absolute atomic E-state index is 12.9. The van der Waals surface area contributed by atoms with E-state index in [0.29, 0.717) is 19.4 Å². The van der Waals surface area contributed by atoms with Crippen molar-refractivity contribution in [2.75, 3.05) is 6.61 Å². The summed E-state index contributed by atoms with van der Waals surface area (Å²) in [5, 5.41) is 0. The summed E-state index contributed by atoms with van der Waals surface area (Å²) in [6, 6.07) is 9.81. The van der Waals surface area contributed by atoms with Crippen molar-refractivity contribution < 1.29 is 19.2 Å². The molecule has 1 fully saturated rings. The first-order valence-electron chi connectivity index (χ1n) is 10.3. The normalized spacial score (nSPS) is 19.1. The highest BCUT2D eigenvalue weighted by Gasteiger charge is 2.34. The monoisotopic (exact) mass is 403 g/mol. The van der Waals surface area contributed by atoms with Gasteiger partial charge in [0.1, 0.15) is 0 Å². The average molecular weight is 404 g/mol. The molecule has 1 aliphatic heterocycles. The zero-order chi connectivity index (χ0) is 21.1. The zero-order valence-corrected chi connectivity index (χ0v) is 17.3. The van der Waals surface area contributed by atoms with E-state index in [1.807, 2.05) is 56.3 Å². The van der Waals surface area contributed by atoms with E-state index >= 15 is 0 Å². The van der Waals surface area contributed by atoms with Gasteiger partial charge in [0.05, 0.1) is 11.8 Å². The zero-order valence-electron chi connectivity index (χ0n) is 17.3. The predicted molar refractivity (Wildman–Crippen MR) is 112 cm³/mol. The molecule has 1 aromatic carbocycles. The van der Waals surface area contributed by atoms with E-state index in [1.54, 1.807) is 0 Å². The fourth-order valence-corrected chi connectivity index (χ4v) is 3.44. The molecule has 1 unspecified atom stereocenters. The van der Waals surface area contributed by atoms with Crippen LogP contribution < -0.4 is 16.7 Å². The van der Waals surface area contributed by atoms with Crippen molar-refractivity contribution in [3.05, 3.63) is 42.0 Å². The van der Waals surface area contributed by atoms with Crippen molar-refractivity contribution >= 4 is 17.9 Å². The fraction of sp³-hybridized carbons (Fsp3) is 0.545. The van der Waals surface area contributed by atoms with E-state index in [4.69, 9.17) is 15.4 Å². The first kappa shape index (κ1) is 23.1. The molecular formula is C22H33N3O4. The van der Waals surface area contributed by atoms with Crippen molar-refractivity contribution in [3.63, 3.8) is 0 Å². The maximum atomic E-state index is 12.9. The van der Waals surface area contributed by atoms with Gasteiger partial charge in [-0.3, -0.25) is 15.0 Å². The number of hydroxylamine groups is 1. The lowest BCUT2D eigenvalue weighted by Gasteiger charge is -2.27. The van der Waals surface area contributed by atoms with Gasteiger partial charge in [-0.15, -0.1) is 0 Å². The third kappa shape index (κ3) is 7.97. The minimum Gasteiger partial charge on any atom is -0.350 e. The summed E-state index contributed by atoms with van der Waals surface area (Å²) in [6.45, 7) is 4.64. The van der Waals surface area contributed by atoms with Crippen LogP contribution in [0.1, 0.15) is 51.5 Å². The summed E-state index contributed by atoms with van der Waals surface area (Å²) in [5.41, 5.74) is 5.76. The number of nitrogens with one attached hydrogen (secondary N) is 2. The van der Waals surface area contributed by atoms with E-state index in [0.717, 1.165) is 24.8 Å². The summed E-state index contributed by atoms with van der Waals surface area (Å²) in [6.07, 6.45) is 7.06. The molecule has 0 aromatic heterocycles. The lowest BCUT2D eigenvalue weighted by Crippen LogP contribution is -2.45. The van der Waals surface area contributed by atoms with E-state index < -0.39 is 18.1 Å². The Morgan fingerprint density at radius 1 is 1.21 bits per heavy atom. The molecule has 4 N–H and O–H groups in total. The fourth-order valence-electron chi connectivity index (χ4n) is 3.44. The molecule has 2 rings (SSSR count). The number of ether oxygens (including phenoxy) is 1. The van der Waals surface area contributed by atoms with Crippen LogP contribution in [0, 0.1) is 17.8 Å². The van der Waals surface area contributed by atoms with Crippen LogP contribution in [-0.4, -0.2) is 24.7 Å². The summed E-state index contributed by atoms with van der Waals surface area (Å²) < 4.78 is 5.49. The molecule has 160 valence electrons. The van der Waals surface area contributed by atoms with Crippen molar-refractivity contribution in [2.24, 2.45) is 23.6 Å². The first-order valence-corrected chi connectivity index (χ1v) is 10.3. The molecule has 0 spiro atoms. The van der Waals surface area contributed by atoms with Crippen molar-refractivity contribution in [1.29, 1.82) is 0 Å². The molecule has 0 aliphatic carbocycles. The minimum absolute atomic E-state index is 0.230. The predicted octanol–water partition coefficient (Wildman–Crippen LogP) is 2.93. The Bertz CT molecular complexity index is 657. The topological polar surface area (TPSA) is 103 Å². The Morgan fingerprint density at radius 2 is 1.97 bits per heavy atom. The molecule has 1 saturated heterocycles. The number of nitrogens with two attached hydrogens (primary N) is 1.